The normalized spacial score (nSPS) is 21.3. The number of hydrogen-bond acceptors (Lipinski definition) is 6. The van der Waals surface area contributed by atoms with Gasteiger partial charge in [0.1, 0.15) is 11.7 Å². The van der Waals surface area contributed by atoms with E-state index in [-0.39, 0.29) is 23.9 Å². The van der Waals surface area contributed by atoms with Crippen molar-refractivity contribution in [2.75, 3.05) is 31.7 Å². The summed E-state index contributed by atoms with van der Waals surface area (Å²) < 4.78 is 10.6. The first kappa shape index (κ1) is 15.1. The van der Waals surface area contributed by atoms with Crippen molar-refractivity contribution in [1.82, 2.24) is 9.88 Å². The third-order valence-corrected chi connectivity index (χ3v) is 5.00. The molecule has 2 aliphatic rings. The van der Waals surface area contributed by atoms with Gasteiger partial charge in [-0.2, -0.15) is 11.8 Å². The van der Waals surface area contributed by atoms with Gasteiger partial charge in [0, 0.05) is 25.0 Å². The van der Waals surface area contributed by atoms with E-state index in [2.05, 4.69) is 9.72 Å². The first-order valence-electron chi connectivity index (χ1n) is 7.25. The van der Waals surface area contributed by atoms with Gasteiger partial charge in [0.15, 0.2) is 0 Å². The lowest BCUT2D eigenvalue weighted by Crippen LogP contribution is -2.53. The lowest BCUT2D eigenvalue weighted by Gasteiger charge is -2.37. The molecule has 3 heterocycles. The molecule has 1 amide bonds. The van der Waals surface area contributed by atoms with Crippen molar-refractivity contribution in [3.05, 3.63) is 23.9 Å². The maximum absolute atomic E-state index is 12.5. The molecule has 0 bridgehead atoms. The second kappa shape index (κ2) is 6.56. The lowest BCUT2D eigenvalue weighted by molar-refractivity contribution is -0.149. The standard InChI is InChI=1S/C15H18N2O4S/c1-20-15(19)10-7-17(8-10)14(18)12-3-2-5-16-13(12)21-11-4-6-22-9-11/h2-3,5,10-11H,4,6-9H2,1H3/t11-/m0/s1. The lowest BCUT2D eigenvalue weighted by atomic mass is 9.99. The summed E-state index contributed by atoms with van der Waals surface area (Å²) in [6.45, 7) is 0.776. The smallest absolute Gasteiger partial charge is 0.312 e. The van der Waals surface area contributed by atoms with Crippen LogP contribution >= 0.6 is 11.8 Å². The fourth-order valence-corrected chi connectivity index (χ4v) is 3.64. The fourth-order valence-electron chi connectivity index (χ4n) is 2.54. The fraction of sp³-hybridized carbons (Fsp3) is 0.533. The summed E-state index contributed by atoms with van der Waals surface area (Å²) in [6.07, 6.45) is 2.72. The number of aromatic nitrogens is 1. The predicted octanol–water partition coefficient (Wildman–Crippen LogP) is 1.21. The van der Waals surface area contributed by atoms with E-state index in [1.165, 1.54) is 7.11 Å². The molecule has 118 valence electrons. The van der Waals surface area contributed by atoms with Crippen LogP contribution in [0.2, 0.25) is 0 Å². The van der Waals surface area contributed by atoms with Gasteiger partial charge in [0.05, 0.1) is 13.0 Å². The maximum atomic E-state index is 12.5. The summed E-state index contributed by atoms with van der Waals surface area (Å²) in [4.78, 5) is 29.7. The molecule has 1 aromatic heterocycles. The molecule has 2 fully saturated rings. The first-order chi connectivity index (χ1) is 10.7. The van der Waals surface area contributed by atoms with E-state index in [1.54, 1.807) is 23.2 Å². The molecule has 2 aliphatic heterocycles. The second-order valence-electron chi connectivity index (χ2n) is 5.39. The van der Waals surface area contributed by atoms with Crippen molar-refractivity contribution in [3.8, 4) is 5.88 Å². The van der Waals surface area contributed by atoms with Crippen LogP contribution in [0.3, 0.4) is 0 Å². The Labute approximate surface area is 133 Å². The Morgan fingerprint density at radius 3 is 2.91 bits per heavy atom. The number of carbonyl (C=O) groups excluding carboxylic acids is 2. The number of esters is 1. The minimum atomic E-state index is -0.269. The Bertz CT molecular complexity index is 568. The highest BCUT2D eigenvalue weighted by Gasteiger charge is 2.38. The molecule has 0 saturated carbocycles. The third kappa shape index (κ3) is 3.04. The molecule has 2 saturated heterocycles. The van der Waals surface area contributed by atoms with E-state index < -0.39 is 0 Å². The van der Waals surface area contributed by atoms with Crippen LogP contribution in [0.1, 0.15) is 16.8 Å². The minimum absolute atomic E-state index is 0.116. The zero-order valence-corrected chi connectivity index (χ0v) is 13.2. The number of methoxy groups -OCH3 is 1. The van der Waals surface area contributed by atoms with Gasteiger partial charge in [-0.1, -0.05) is 0 Å². The van der Waals surface area contributed by atoms with Crippen LogP contribution in [-0.2, 0) is 9.53 Å². The maximum Gasteiger partial charge on any atom is 0.312 e. The number of pyridine rings is 1. The van der Waals surface area contributed by atoms with Crippen LogP contribution in [0.25, 0.3) is 0 Å². The van der Waals surface area contributed by atoms with Crippen LogP contribution in [0, 0.1) is 5.92 Å². The Kier molecular flexibility index (Phi) is 4.52. The summed E-state index contributed by atoms with van der Waals surface area (Å²) in [6, 6.07) is 3.44. The van der Waals surface area contributed by atoms with E-state index in [4.69, 9.17) is 4.74 Å². The number of nitrogens with zero attached hydrogens (tertiary/aromatic N) is 2. The summed E-state index contributed by atoms with van der Waals surface area (Å²) in [5.74, 6) is 1.76. The van der Waals surface area contributed by atoms with Crippen LogP contribution in [-0.4, -0.2) is 59.6 Å². The number of amides is 1. The van der Waals surface area contributed by atoms with Crippen molar-refractivity contribution in [2.45, 2.75) is 12.5 Å². The summed E-state index contributed by atoms with van der Waals surface area (Å²) in [5.41, 5.74) is 0.461. The highest BCUT2D eigenvalue weighted by Crippen LogP contribution is 2.27. The topological polar surface area (TPSA) is 68.7 Å². The number of thioether (sulfide) groups is 1. The van der Waals surface area contributed by atoms with Crippen molar-refractivity contribution < 1.29 is 19.1 Å². The molecule has 1 aromatic rings. The van der Waals surface area contributed by atoms with E-state index in [0.29, 0.717) is 24.5 Å². The molecule has 0 N–H and O–H groups in total. The molecule has 1 atom stereocenters. The number of rotatable bonds is 4. The van der Waals surface area contributed by atoms with E-state index in [1.807, 2.05) is 11.8 Å². The Morgan fingerprint density at radius 2 is 2.23 bits per heavy atom. The van der Waals surface area contributed by atoms with Gasteiger partial charge in [-0.25, -0.2) is 4.98 Å². The van der Waals surface area contributed by atoms with E-state index in [9.17, 15) is 9.59 Å². The van der Waals surface area contributed by atoms with E-state index in [0.717, 1.165) is 17.9 Å². The van der Waals surface area contributed by atoms with Crippen molar-refractivity contribution >= 4 is 23.6 Å². The molecule has 7 heteroatoms. The average Bonchev–Trinajstić information content (AvgIpc) is 2.99. The van der Waals surface area contributed by atoms with Crippen molar-refractivity contribution in [1.29, 1.82) is 0 Å². The number of likely N-dealkylation sites (tertiary alicyclic amines) is 1. The zero-order valence-electron chi connectivity index (χ0n) is 12.4. The van der Waals surface area contributed by atoms with Crippen LogP contribution < -0.4 is 4.74 Å². The van der Waals surface area contributed by atoms with Crippen LogP contribution in [0.15, 0.2) is 18.3 Å². The van der Waals surface area contributed by atoms with Gasteiger partial charge < -0.3 is 14.4 Å². The molecule has 0 unspecified atom stereocenters. The average molecular weight is 322 g/mol. The molecule has 6 nitrogen and oxygen atoms in total. The van der Waals surface area contributed by atoms with Gasteiger partial charge in [-0.15, -0.1) is 0 Å². The second-order valence-corrected chi connectivity index (χ2v) is 6.54. The zero-order chi connectivity index (χ0) is 15.5. The van der Waals surface area contributed by atoms with Gasteiger partial charge in [-0.3, -0.25) is 9.59 Å². The quantitative estimate of drug-likeness (QED) is 0.776. The number of carbonyl (C=O) groups is 2. The number of ether oxygens (including phenoxy) is 2. The molecular formula is C15H18N2O4S. The van der Waals surface area contributed by atoms with Gasteiger partial charge >= 0.3 is 5.97 Å². The third-order valence-electron chi connectivity index (χ3n) is 3.87. The SMILES string of the molecule is COC(=O)C1CN(C(=O)c2cccnc2O[C@H]2CCSC2)C1. The molecule has 3 rings (SSSR count). The largest absolute Gasteiger partial charge is 0.473 e. The Balaban J connectivity index is 1.66. The Hall–Kier alpha value is -1.76. The summed E-state index contributed by atoms with van der Waals surface area (Å²) >= 11 is 1.84. The number of hydrogen-bond donors (Lipinski definition) is 0. The van der Waals surface area contributed by atoms with Crippen LogP contribution in [0.5, 0.6) is 5.88 Å². The van der Waals surface area contributed by atoms with Crippen LogP contribution in [0.4, 0.5) is 0 Å². The van der Waals surface area contributed by atoms with Crippen molar-refractivity contribution in [3.63, 3.8) is 0 Å². The molecule has 0 radical (unpaired) electrons. The predicted molar refractivity (Wildman–Crippen MR) is 82.0 cm³/mol. The summed E-state index contributed by atoms with van der Waals surface area (Å²) in [7, 11) is 1.36. The van der Waals surface area contributed by atoms with Crippen molar-refractivity contribution in [2.24, 2.45) is 5.92 Å². The summed E-state index contributed by atoms with van der Waals surface area (Å²) in [5, 5.41) is 0. The van der Waals surface area contributed by atoms with Gasteiger partial charge in [0.2, 0.25) is 5.88 Å². The van der Waals surface area contributed by atoms with Gasteiger partial charge in [0.25, 0.3) is 5.91 Å². The molecular weight excluding hydrogens is 304 g/mol. The monoisotopic (exact) mass is 322 g/mol. The molecule has 0 aliphatic carbocycles. The Morgan fingerprint density at radius 1 is 1.41 bits per heavy atom. The highest BCUT2D eigenvalue weighted by atomic mass is 32.2. The first-order valence-corrected chi connectivity index (χ1v) is 8.41. The van der Waals surface area contributed by atoms with E-state index >= 15 is 0 Å². The molecule has 0 aromatic carbocycles. The minimum Gasteiger partial charge on any atom is -0.473 e. The van der Waals surface area contributed by atoms with Gasteiger partial charge in [-0.05, 0) is 24.3 Å². The highest BCUT2D eigenvalue weighted by molar-refractivity contribution is 7.99. The molecule has 22 heavy (non-hydrogen) atoms. The molecule has 0 spiro atoms.